The van der Waals surface area contributed by atoms with Crippen molar-refractivity contribution in [2.75, 3.05) is 11.9 Å². The Bertz CT molecular complexity index is 585. The van der Waals surface area contributed by atoms with Gasteiger partial charge in [-0.15, -0.1) is 0 Å². The lowest BCUT2D eigenvalue weighted by molar-refractivity contribution is 0.866. The zero-order valence-corrected chi connectivity index (χ0v) is 11.2. The molecule has 0 bridgehead atoms. The quantitative estimate of drug-likeness (QED) is 0.661. The molecule has 0 aliphatic carbocycles. The molecule has 6 heteroatoms. The fourth-order valence-corrected chi connectivity index (χ4v) is 2.07. The summed E-state index contributed by atoms with van der Waals surface area (Å²) in [5.74, 6) is 0.514. The van der Waals surface area contributed by atoms with Crippen LogP contribution in [0.2, 0.25) is 5.02 Å². The van der Waals surface area contributed by atoms with Gasteiger partial charge in [0.2, 0.25) is 0 Å². The molecule has 0 saturated heterocycles. The van der Waals surface area contributed by atoms with Crippen molar-refractivity contribution >= 4 is 23.3 Å². The maximum absolute atomic E-state index is 7.47. The summed E-state index contributed by atoms with van der Waals surface area (Å²) in [5.41, 5.74) is 6.88. The first-order chi connectivity index (χ1) is 9.09. The Morgan fingerprint density at radius 1 is 1.32 bits per heavy atom. The zero-order valence-electron chi connectivity index (χ0n) is 10.5. The number of anilines is 1. The number of nitrogens with two attached hydrogens (primary N) is 1. The molecule has 0 unspecified atom stereocenters. The fourth-order valence-electron chi connectivity index (χ4n) is 1.72. The fraction of sp³-hybridized carbons (Fsp3) is 0.154. The number of amidine groups is 1. The van der Waals surface area contributed by atoms with Crippen molar-refractivity contribution in [1.29, 1.82) is 5.41 Å². The van der Waals surface area contributed by atoms with E-state index in [9.17, 15) is 0 Å². The van der Waals surface area contributed by atoms with Gasteiger partial charge in [-0.05, 0) is 18.2 Å². The molecule has 0 spiro atoms. The first-order valence-electron chi connectivity index (χ1n) is 5.69. The van der Waals surface area contributed by atoms with Gasteiger partial charge in [0.1, 0.15) is 11.7 Å². The van der Waals surface area contributed by atoms with Gasteiger partial charge in [-0.2, -0.15) is 0 Å². The zero-order chi connectivity index (χ0) is 13.8. The van der Waals surface area contributed by atoms with Crippen LogP contribution in [0.25, 0.3) is 0 Å². The summed E-state index contributed by atoms with van der Waals surface area (Å²) in [6.45, 7) is 0.578. The van der Waals surface area contributed by atoms with E-state index in [-0.39, 0.29) is 5.84 Å². The third kappa shape index (κ3) is 3.00. The number of nitrogens with one attached hydrogen (secondary N) is 1. The third-order valence-electron chi connectivity index (χ3n) is 2.65. The maximum Gasteiger partial charge on any atom is 0.148 e. The summed E-state index contributed by atoms with van der Waals surface area (Å²) in [6.07, 6.45) is 3.33. The Morgan fingerprint density at radius 3 is 2.74 bits per heavy atom. The molecule has 0 saturated carbocycles. The van der Waals surface area contributed by atoms with Gasteiger partial charge in [0.25, 0.3) is 0 Å². The number of pyridine rings is 2. The number of rotatable bonds is 4. The van der Waals surface area contributed by atoms with E-state index in [0.29, 0.717) is 22.9 Å². The third-order valence-corrected chi connectivity index (χ3v) is 3.02. The van der Waals surface area contributed by atoms with Crippen LogP contribution in [0.3, 0.4) is 0 Å². The molecule has 0 amide bonds. The van der Waals surface area contributed by atoms with E-state index in [1.165, 1.54) is 0 Å². The van der Waals surface area contributed by atoms with E-state index in [0.717, 1.165) is 5.69 Å². The van der Waals surface area contributed by atoms with Crippen LogP contribution < -0.4 is 10.6 Å². The molecular formula is C13H14ClN5. The van der Waals surface area contributed by atoms with Crippen LogP contribution in [-0.4, -0.2) is 22.9 Å². The largest absolute Gasteiger partial charge is 0.384 e. The molecule has 2 aromatic heterocycles. The molecule has 3 N–H and O–H groups in total. The number of nitrogen functional groups attached to an aromatic ring is 1. The second-order valence-electron chi connectivity index (χ2n) is 4.09. The number of nitrogens with zero attached hydrogens (tertiary/aromatic N) is 3. The van der Waals surface area contributed by atoms with Gasteiger partial charge in [-0.25, -0.2) is 4.98 Å². The van der Waals surface area contributed by atoms with Crippen LogP contribution in [0.5, 0.6) is 0 Å². The van der Waals surface area contributed by atoms with Crippen molar-refractivity contribution in [3.05, 3.63) is 52.9 Å². The highest BCUT2D eigenvalue weighted by molar-refractivity contribution is 6.36. The molecule has 0 fully saturated rings. The standard InChI is InChI=1S/C13H14ClN5/c1-19(8-9-4-2-3-6-17-9)13-11(14)10(12(15)16)5-7-18-13/h2-7H,8H2,1H3,(H3,15,16). The minimum Gasteiger partial charge on any atom is -0.384 e. The topological polar surface area (TPSA) is 78.9 Å². The lowest BCUT2D eigenvalue weighted by Crippen LogP contribution is -2.20. The van der Waals surface area contributed by atoms with Crippen molar-refractivity contribution in [2.24, 2.45) is 5.73 Å². The molecule has 0 atom stereocenters. The summed E-state index contributed by atoms with van der Waals surface area (Å²) < 4.78 is 0. The Hall–Kier alpha value is -2.14. The molecule has 0 aliphatic heterocycles. The van der Waals surface area contributed by atoms with E-state index < -0.39 is 0 Å². The molecular weight excluding hydrogens is 262 g/mol. The number of hydrogen-bond acceptors (Lipinski definition) is 4. The van der Waals surface area contributed by atoms with Crippen molar-refractivity contribution < 1.29 is 0 Å². The second kappa shape index (κ2) is 5.67. The van der Waals surface area contributed by atoms with Crippen LogP contribution in [0.15, 0.2) is 36.7 Å². The Labute approximate surface area is 116 Å². The SMILES string of the molecule is CN(Cc1ccccn1)c1nccc(C(=N)N)c1Cl. The minimum atomic E-state index is -0.0695. The highest BCUT2D eigenvalue weighted by atomic mass is 35.5. The maximum atomic E-state index is 7.47. The molecule has 5 nitrogen and oxygen atoms in total. The van der Waals surface area contributed by atoms with E-state index in [1.54, 1.807) is 18.5 Å². The van der Waals surface area contributed by atoms with E-state index >= 15 is 0 Å². The average Bonchev–Trinajstić information content (AvgIpc) is 2.39. The van der Waals surface area contributed by atoms with Gasteiger partial charge in [0.15, 0.2) is 0 Å². The van der Waals surface area contributed by atoms with Crippen LogP contribution in [-0.2, 0) is 6.54 Å². The number of halogens is 1. The molecule has 0 radical (unpaired) electrons. The molecule has 2 aromatic rings. The summed E-state index contributed by atoms with van der Waals surface area (Å²) in [6, 6.07) is 7.35. The monoisotopic (exact) mass is 275 g/mol. The highest BCUT2D eigenvalue weighted by Crippen LogP contribution is 2.26. The molecule has 2 rings (SSSR count). The molecule has 2 heterocycles. The van der Waals surface area contributed by atoms with E-state index in [4.69, 9.17) is 22.7 Å². The lowest BCUT2D eigenvalue weighted by Gasteiger charge is -2.19. The summed E-state index contributed by atoms with van der Waals surface area (Å²) >= 11 is 6.22. The first kappa shape index (κ1) is 13.3. The lowest BCUT2D eigenvalue weighted by atomic mass is 10.2. The van der Waals surface area contributed by atoms with Crippen molar-refractivity contribution in [2.45, 2.75) is 6.54 Å². The summed E-state index contributed by atoms with van der Waals surface area (Å²) in [5, 5.41) is 7.85. The summed E-state index contributed by atoms with van der Waals surface area (Å²) in [4.78, 5) is 10.4. The van der Waals surface area contributed by atoms with Gasteiger partial charge < -0.3 is 10.6 Å². The molecule has 19 heavy (non-hydrogen) atoms. The van der Waals surface area contributed by atoms with Crippen molar-refractivity contribution in [1.82, 2.24) is 9.97 Å². The predicted octanol–water partition coefficient (Wildman–Crippen LogP) is 2.05. The van der Waals surface area contributed by atoms with Crippen LogP contribution in [0.4, 0.5) is 5.82 Å². The van der Waals surface area contributed by atoms with Crippen LogP contribution in [0.1, 0.15) is 11.3 Å². The van der Waals surface area contributed by atoms with Crippen LogP contribution >= 0.6 is 11.6 Å². The molecule has 98 valence electrons. The Kier molecular flexibility index (Phi) is 3.97. The average molecular weight is 276 g/mol. The van der Waals surface area contributed by atoms with E-state index in [1.807, 2.05) is 30.1 Å². The second-order valence-corrected chi connectivity index (χ2v) is 4.46. The van der Waals surface area contributed by atoms with Gasteiger partial charge in [0.05, 0.1) is 17.3 Å². The summed E-state index contributed by atoms with van der Waals surface area (Å²) in [7, 11) is 1.87. The number of aromatic nitrogens is 2. The number of hydrogen-bond donors (Lipinski definition) is 2. The molecule has 0 aliphatic rings. The first-order valence-corrected chi connectivity index (χ1v) is 6.07. The smallest absolute Gasteiger partial charge is 0.148 e. The van der Waals surface area contributed by atoms with Crippen molar-refractivity contribution in [3.8, 4) is 0 Å². The minimum absolute atomic E-state index is 0.0695. The normalized spacial score (nSPS) is 10.2. The van der Waals surface area contributed by atoms with Crippen LogP contribution in [0, 0.1) is 5.41 Å². The van der Waals surface area contributed by atoms with Gasteiger partial charge in [-0.1, -0.05) is 17.7 Å². The van der Waals surface area contributed by atoms with Crippen molar-refractivity contribution in [3.63, 3.8) is 0 Å². The Balaban J connectivity index is 2.27. The van der Waals surface area contributed by atoms with Gasteiger partial charge >= 0.3 is 0 Å². The highest BCUT2D eigenvalue weighted by Gasteiger charge is 2.13. The van der Waals surface area contributed by atoms with Gasteiger partial charge in [0, 0.05) is 25.0 Å². The van der Waals surface area contributed by atoms with E-state index in [2.05, 4.69) is 9.97 Å². The Morgan fingerprint density at radius 2 is 2.11 bits per heavy atom. The predicted molar refractivity (Wildman–Crippen MR) is 76.6 cm³/mol. The molecule has 0 aromatic carbocycles. The van der Waals surface area contributed by atoms with Gasteiger partial charge in [-0.3, -0.25) is 10.4 Å².